The average molecular weight is 617 g/mol. The quantitative estimate of drug-likeness (QED) is 0.126. The summed E-state index contributed by atoms with van der Waals surface area (Å²) in [7, 11) is -4.72. The van der Waals surface area contributed by atoms with Crippen LogP contribution >= 0.6 is 0 Å². The number of ether oxygens (including phenoxy) is 1. The van der Waals surface area contributed by atoms with E-state index in [4.69, 9.17) is 13.9 Å². The third-order valence-corrected chi connectivity index (χ3v) is 9.73. The van der Waals surface area contributed by atoms with Gasteiger partial charge in [-0.25, -0.2) is 14.4 Å². The SMILES string of the molecule is C[Si](C)(C)CCOCn1cc(C(=O)NCCC2CC(OS(C)(=O)=O)C2)c2nc(-c3n[nH]c4cc(CF)ccc34)cnc21. The highest BCUT2D eigenvalue weighted by molar-refractivity contribution is 7.86. The highest BCUT2D eigenvalue weighted by Crippen LogP contribution is 2.33. The van der Waals surface area contributed by atoms with Crippen LogP contribution in [0.2, 0.25) is 25.7 Å². The molecule has 14 heteroatoms. The van der Waals surface area contributed by atoms with Gasteiger partial charge in [0.15, 0.2) is 5.65 Å². The molecule has 2 N–H and O–H groups in total. The number of alkyl halides is 1. The monoisotopic (exact) mass is 616 g/mol. The van der Waals surface area contributed by atoms with Gasteiger partial charge in [-0.15, -0.1) is 0 Å². The van der Waals surface area contributed by atoms with Crippen LogP contribution in [0.15, 0.2) is 30.6 Å². The molecule has 11 nitrogen and oxygen atoms in total. The van der Waals surface area contributed by atoms with Crippen molar-refractivity contribution >= 4 is 46.2 Å². The molecule has 5 rings (SSSR count). The Morgan fingerprint density at radius 3 is 2.76 bits per heavy atom. The third kappa shape index (κ3) is 7.22. The molecule has 3 heterocycles. The van der Waals surface area contributed by atoms with E-state index in [9.17, 15) is 17.6 Å². The summed E-state index contributed by atoms with van der Waals surface area (Å²) < 4.78 is 48.5. The molecule has 42 heavy (non-hydrogen) atoms. The second-order valence-corrected chi connectivity index (χ2v) is 19.4. The number of nitrogens with zero attached hydrogens (tertiary/aromatic N) is 4. The summed E-state index contributed by atoms with van der Waals surface area (Å²) in [4.78, 5) is 22.8. The molecule has 0 aliphatic heterocycles. The maximum Gasteiger partial charge on any atom is 0.264 e. The topological polar surface area (TPSA) is 141 Å². The smallest absolute Gasteiger partial charge is 0.264 e. The zero-order valence-corrected chi connectivity index (χ0v) is 26.1. The van der Waals surface area contributed by atoms with E-state index in [-0.39, 0.29) is 24.7 Å². The Kier molecular flexibility index (Phi) is 8.78. The lowest BCUT2D eigenvalue weighted by Gasteiger charge is -2.34. The Labute approximate surface area is 245 Å². The fourth-order valence-electron chi connectivity index (χ4n) is 5.04. The van der Waals surface area contributed by atoms with Crippen molar-refractivity contribution in [2.24, 2.45) is 5.92 Å². The van der Waals surface area contributed by atoms with Crippen LogP contribution in [0.3, 0.4) is 0 Å². The van der Waals surface area contributed by atoms with Crippen LogP contribution in [0.25, 0.3) is 33.5 Å². The van der Waals surface area contributed by atoms with Crippen LogP contribution in [0, 0.1) is 5.92 Å². The highest BCUT2D eigenvalue weighted by atomic mass is 32.2. The van der Waals surface area contributed by atoms with Crippen molar-refractivity contribution in [3.05, 3.63) is 41.7 Å². The van der Waals surface area contributed by atoms with Crippen LogP contribution in [-0.4, -0.2) is 72.6 Å². The standard InChI is InChI=1S/C28H37FN6O5SSi/c1-41(37,38)40-20-11-18(12-20)7-8-30-28(36)22-16-35(17-39-9-10-42(2,3)4)27-26(22)32-24(15-31-27)25-21-6-5-19(14-29)13-23(21)33-34-25/h5-6,13,15-16,18,20H,7-12,14,17H2,1-4H3,(H,30,36)(H,33,34). The summed E-state index contributed by atoms with van der Waals surface area (Å²) in [6, 6.07) is 6.23. The van der Waals surface area contributed by atoms with Gasteiger partial charge >= 0.3 is 0 Å². The molecule has 1 saturated carbocycles. The Balaban J connectivity index is 1.35. The number of rotatable bonds is 13. The van der Waals surface area contributed by atoms with Crippen molar-refractivity contribution in [3.8, 4) is 11.4 Å². The molecular formula is C28H37FN6O5SSi. The summed E-state index contributed by atoms with van der Waals surface area (Å²) in [6.45, 7) is 7.58. The van der Waals surface area contributed by atoms with Gasteiger partial charge < -0.3 is 14.6 Å². The van der Waals surface area contributed by atoms with E-state index in [1.807, 2.05) is 0 Å². The minimum atomic E-state index is -3.46. The Hall–Kier alpha value is -3.20. The van der Waals surface area contributed by atoms with E-state index in [1.54, 1.807) is 35.2 Å². The van der Waals surface area contributed by atoms with E-state index < -0.39 is 24.9 Å². The second-order valence-electron chi connectivity index (χ2n) is 12.2. The zero-order chi connectivity index (χ0) is 30.1. The molecule has 0 atom stereocenters. The number of hydrogen-bond donors (Lipinski definition) is 2. The molecule has 1 aromatic carbocycles. The van der Waals surface area contributed by atoms with Gasteiger partial charge in [-0.1, -0.05) is 31.8 Å². The number of hydrogen-bond acceptors (Lipinski definition) is 8. The van der Waals surface area contributed by atoms with Gasteiger partial charge in [0.05, 0.1) is 29.6 Å². The minimum Gasteiger partial charge on any atom is -0.361 e. The Morgan fingerprint density at radius 2 is 2.05 bits per heavy atom. The first-order valence-electron chi connectivity index (χ1n) is 14.0. The fourth-order valence-corrected chi connectivity index (χ4v) is 6.45. The molecule has 1 aliphatic carbocycles. The highest BCUT2D eigenvalue weighted by Gasteiger charge is 2.32. The lowest BCUT2D eigenvalue weighted by Crippen LogP contribution is -2.35. The van der Waals surface area contributed by atoms with Crippen molar-refractivity contribution in [2.45, 2.75) is 64.5 Å². The number of H-pyrrole nitrogens is 1. The van der Waals surface area contributed by atoms with Crippen LogP contribution in [0.4, 0.5) is 4.39 Å². The number of fused-ring (bicyclic) bond motifs is 2. The van der Waals surface area contributed by atoms with E-state index in [0.29, 0.717) is 71.6 Å². The lowest BCUT2D eigenvalue weighted by atomic mass is 9.80. The van der Waals surface area contributed by atoms with Crippen LogP contribution < -0.4 is 5.32 Å². The van der Waals surface area contributed by atoms with Gasteiger partial charge in [-0.05, 0) is 42.9 Å². The summed E-state index contributed by atoms with van der Waals surface area (Å²) in [6.07, 6.45) is 6.12. The molecule has 1 aliphatic rings. The molecular weight excluding hydrogens is 579 g/mol. The van der Waals surface area contributed by atoms with Gasteiger partial charge in [0.1, 0.15) is 30.3 Å². The number of halogens is 1. The van der Waals surface area contributed by atoms with E-state index in [0.717, 1.165) is 17.7 Å². The van der Waals surface area contributed by atoms with Gasteiger partial charge in [0, 0.05) is 32.8 Å². The molecule has 0 saturated heterocycles. The van der Waals surface area contributed by atoms with Crippen molar-refractivity contribution in [1.82, 2.24) is 30.0 Å². The first-order valence-corrected chi connectivity index (χ1v) is 19.6. The lowest BCUT2D eigenvalue weighted by molar-refractivity contribution is 0.0668. The minimum absolute atomic E-state index is 0.240. The number of carbonyl (C=O) groups excluding carboxylic acids is 1. The second kappa shape index (κ2) is 12.2. The molecule has 3 aromatic heterocycles. The first kappa shape index (κ1) is 30.3. The number of carbonyl (C=O) groups is 1. The van der Waals surface area contributed by atoms with Gasteiger partial charge in [-0.2, -0.15) is 13.5 Å². The van der Waals surface area contributed by atoms with Crippen molar-refractivity contribution in [2.75, 3.05) is 19.4 Å². The normalized spacial score (nSPS) is 17.5. The van der Waals surface area contributed by atoms with E-state index in [2.05, 4.69) is 40.1 Å². The van der Waals surface area contributed by atoms with Gasteiger partial charge in [-0.3, -0.25) is 14.1 Å². The number of nitrogens with one attached hydrogen (secondary N) is 2. The molecule has 0 unspecified atom stereocenters. The number of aromatic amines is 1. The molecule has 0 spiro atoms. The molecule has 4 aromatic rings. The Morgan fingerprint density at radius 1 is 1.26 bits per heavy atom. The van der Waals surface area contributed by atoms with Gasteiger partial charge in [0.25, 0.3) is 16.0 Å². The summed E-state index contributed by atoms with van der Waals surface area (Å²) >= 11 is 0. The maximum atomic E-state index is 13.4. The van der Waals surface area contributed by atoms with Crippen molar-refractivity contribution < 1.29 is 26.5 Å². The fraction of sp³-hybridized carbons (Fsp3) is 0.500. The Bertz CT molecular complexity index is 1690. The number of aromatic nitrogens is 5. The summed E-state index contributed by atoms with van der Waals surface area (Å²) in [5.41, 5.74) is 3.61. The van der Waals surface area contributed by atoms with Gasteiger partial charge in [0.2, 0.25) is 0 Å². The largest absolute Gasteiger partial charge is 0.361 e. The van der Waals surface area contributed by atoms with Crippen molar-refractivity contribution in [1.29, 1.82) is 0 Å². The van der Waals surface area contributed by atoms with Crippen molar-refractivity contribution in [3.63, 3.8) is 0 Å². The predicted octanol–water partition coefficient (Wildman–Crippen LogP) is 4.63. The number of amides is 1. The molecule has 0 bridgehead atoms. The first-order chi connectivity index (χ1) is 19.9. The third-order valence-electron chi connectivity index (χ3n) is 7.40. The average Bonchev–Trinajstić information content (AvgIpc) is 3.49. The summed E-state index contributed by atoms with van der Waals surface area (Å²) in [5, 5.41) is 11.1. The number of benzene rings is 1. The molecule has 0 radical (unpaired) electrons. The van der Waals surface area contributed by atoms with Crippen LogP contribution in [0.5, 0.6) is 0 Å². The molecule has 1 amide bonds. The van der Waals surface area contributed by atoms with E-state index in [1.165, 1.54) is 0 Å². The van der Waals surface area contributed by atoms with Crippen LogP contribution in [0.1, 0.15) is 35.2 Å². The maximum absolute atomic E-state index is 13.4. The molecule has 1 fully saturated rings. The molecule has 226 valence electrons. The predicted molar refractivity (Wildman–Crippen MR) is 161 cm³/mol. The van der Waals surface area contributed by atoms with Crippen LogP contribution in [-0.2, 0) is 32.4 Å². The van der Waals surface area contributed by atoms with E-state index >= 15 is 0 Å². The summed E-state index contributed by atoms with van der Waals surface area (Å²) in [5.74, 6) is 0.00504. The zero-order valence-electron chi connectivity index (χ0n) is 24.3.